The van der Waals surface area contributed by atoms with Gasteiger partial charge in [0.15, 0.2) is 12.1 Å². The molecule has 168 valence electrons. The molecule has 1 aromatic carbocycles. The summed E-state index contributed by atoms with van der Waals surface area (Å²) in [5.74, 6) is -1.04. The minimum atomic E-state index is -1.23. The van der Waals surface area contributed by atoms with E-state index in [1.54, 1.807) is 27.2 Å². The fourth-order valence-corrected chi connectivity index (χ4v) is 4.49. The standard InChI is InChI=1S/C22H27NO8/c1-12-9-15(24)20-18(22(12,27-4)28-5)19(23-31-20)17-14(21-29-7-6-8-30-21)10-13(25-2)11-16(17)26-3/h9-11,18,20-21H,6-8H2,1-5H3/t18-,20-/m0/s1. The molecule has 0 saturated carbocycles. The van der Waals surface area contributed by atoms with Crippen molar-refractivity contribution >= 4 is 11.5 Å². The number of hydrogen-bond acceptors (Lipinski definition) is 9. The summed E-state index contributed by atoms with van der Waals surface area (Å²) < 4.78 is 34.6. The third-order valence-electron chi connectivity index (χ3n) is 5.97. The van der Waals surface area contributed by atoms with E-state index in [-0.39, 0.29) is 5.78 Å². The molecule has 2 atom stereocenters. The highest BCUT2D eigenvalue weighted by Crippen LogP contribution is 2.46. The number of carbonyl (C=O) groups is 1. The lowest BCUT2D eigenvalue weighted by molar-refractivity contribution is -0.215. The van der Waals surface area contributed by atoms with Crippen molar-refractivity contribution in [3.05, 3.63) is 34.9 Å². The Morgan fingerprint density at radius 1 is 1.06 bits per heavy atom. The number of methoxy groups -OCH3 is 4. The summed E-state index contributed by atoms with van der Waals surface area (Å²) in [5, 5.41) is 4.32. The van der Waals surface area contributed by atoms with Crippen LogP contribution in [0.25, 0.3) is 0 Å². The molecule has 1 aliphatic carbocycles. The van der Waals surface area contributed by atoms with Gasteiger partial charge in [-0.05, 0) is 31.1 Å². The molecule has 4 rings (SSSR count). The minimum absolute atomic E-state index is 0.204. The molecule has 0 amide bonds. The van der Waals surface area contributed by atoms with Crippen LogP contribution in [-0.2, 0) is 28.6 Å². The summed E-state index contributed by atoms with van der Waals surface area (Å²) >= 11 is 0. The molecule has 0 aromatic heterocycles. The lowest BCUT2D eigenvalue weighted by Crippen LogP contribution is -2.55. The molecule has 0 bridgehead atoms. The first-order valence-electron chi connectivity index (χ1n) is 10.1. The Kier molecular flexibility index (Phi) is 6.02. The van der Waals surface area contributed by atoms with Crippen molar-refractivity contribution < 1.29 is 38.1 Å². The van der Waals surface area contributed by atoms with Gasteiger partial charge in [-0.1, -0.05) is 5.16 Å². The van der Waals surface area contributed by atoms with E-state index in [2.05, 4.69) is 5.16 Å². The zero-order valence-corrected chi connectivity index (χ0v) is 18.3. The van der Waals surface area contributed by atoms with E-state index < -0.39 is 24.1 Å². The van der Waals surface area contributed by atoms with Gasteiger partial charge in [0.25, 0.3) is 0 Å². The number of fused-ring (bicyclic) bond motifs is 1. The summed E-state index contributed by atoms with van der Waals surface area (Å²) in [4.78, 5) is 18.3. The van der Waals surface area contributed by atoms with Gasteiger partial charge in [-0.25, -0.2) is 0 Å². The molecule has 9 heteroatoms. The van der Waals surface area contributed by atoms with E-state index in [1.165, 1.54) is 20.3 Å². The van der Waals surface area contributed by atoms with Crippen LogP contribution in [0.3, 0.4) is 0 Å². The number of hydrogen-bond donors (Lipinski definition) is 0. The Balaban J connectivity index is 1.91. The maximum absolute atomic E-state index is 12.7. The van der Waals surface area contributed by atoms with Crippen LogP contribution in [-0.4, -0.2) is 65.0 Å². The van der Waals surface area contributed by atoms with Crippen LogP contribution < -0.4 is 9.47 Å². The number of ether oxygens (including phenoxy) is 6. The van der Waals surface area contributed by atoms with E-state index in [4.69, 9.17) is 33.3 Å². The van der Waals surface area contributed by atoms with Gasteiger partial charge in [0, 0.05) is 25.8 Å². The van der Waals surface area contributed by atoms with Gasteiger partial charge in [0.1, 0.15) is 23.1 Å². The number of ketones is 1. The topological polar surface area (TPSA) is 94.0 Å². The highest BCUT2D eigenvalue weighted by molar-refractivity contribution is 6.12. The first kappa shape index (κ1) is 21.8. The van der Waals surface area contributed by atoms with E-state index >= 15 is 0 Å². The molecule has 9 nitrogen and oxygen atoms in total. The molecule has 1 fully saturated rings. The van der Waals surface area contributed by atoms with Gasteiger partial charge in [0.05, 0.1) is 33.0 Å². The van der Waals surface area contributed by atoms with Crippen molar-refractivity contribution in [3.63, 3.8) is 0 Å². The van der Waals surface area contributed by atoms with Crippen molar-refractivity contribution in [1.82, 2.24) is 0 Å². The molecule has 0 spiro atoms. The van der Waals surface area contributed by atoms with Crippen LogP contribution in [0.15, 0.2) is 28.9 Å². The monoisotopic (exact) mass is 433 g/mol. The lowest BCUT2D eigenvalue weighted by Gasteiger charge is -2.41. The van der Waals surface area contributed by atoms with Gasteiger partial charge >= 0.3 is 0 Å². The highest BCUT2D eigenvalue weighted by Gasteiger charge is 2.58. The summed E-state index contributed by atoms with van der Waals surface area (Å²) in [7, 11) is 6.18. The molecular formula is C22H27NO8. The summed E-state index contributed by atoms with van der Waals surface area (Å²) in [6, 6.07) is 3.56. The molecular weight excluding hydrogens is 406 g/mol. The van der Waals surface area contributed by atoms with E-state index in [0.29, 0.717) is 47.1 Å². The average molecular weight is 433 g/mol. The number of nitrogens with zero attached hydrogens (tertiary/aromatic N) is 1. The molecule has 3 aliphatic rings. The van der Waals surface area contributed by atoms with Crippen LogP contribution >= 0.6 is 0 Å². The molecule has 1 aromatic rings. The maximum Gasteiger partial charge on any atom is 0.203 e. The zero-order chi connectivity index (χ0) is 22.2. The van der Waals surface area contributed by atoms with Crippen LogP contribution in [0.5, 0.6) is 11.5 Å². The predicted molar refractivity (Wildman–Crippen MR) is 109 cm³/mol. The number of benzene rings is 1. The molecule has 31 heavy (non-hydrogen) atoms. The summed E-state index contributed by atoms with van der Waals surface area (Å²) in [5.41, 5.74) is 2.35. The molecule has 2 aliphatic heterocycles. The largest absolute Gasteiger partial charge is 0.497 e. The predicted octanol–water partition coefficient (Wildman–Crippen LogP) is 2.38. The number of carbonyl (C=O) groups excluding carboxylic acids is 1. The Labute approximate surface area is 180 Å². The smallest absolute Gasteiger partial charge is 0.203 e. The third-order valence-corrected chi connectivity index (χ3v) is 5.97. The van der Waals surface area contributed by atoms with Crippen LogP contribution in [0, 0.1) is 5.92 Å². The SMILES string of the molecule is COc1cc(OC)c(C2=NO[C@H]3C(=O)C=C(C)C(OC)(OC)[C@@H]23)c(C2OCCCO2)c1. The van der Waals surface area contributed by atoms with Gasteiger partial charge in [-0.3, -0.25) is 4.79 Å². The number of rotatable bonds is 6. The summed E-state index contributed by atoms with van der Waals surface area (Å²) in [6.07, 6.45) is 0.749. The van der Waals surface area contributed by atoms with Crippen LogP contribution in [0.4, 0.5) is 0 Å². The molecule has 2 heterocycles. The van der Waals surface area contributed by atoms with Crippen molar-refractivity contribution in [2.75, 3.05) is 41.7 Å². The van der Waals surface area contributed by atoms with Gasteiger partial charge in [0.2, 0.25) is 11.9 Å². The van der Waals surface area contributed by atoms with Crippen LogP contribution in [0.1, 0.15) is 30.8 Å². The first-order chi connectivity index (χ1) is 15.0. The molecule has 0 radical (unpaired) electrons. The number of oxime groups is 1. The van der Waals surface area contributed by atoms with Crippen molar-refractivity contribution in [1.29, 1.82) is 0 Å². The quantitative estimate of drug-likeness (QED) is 0.632. The lowest BCUT2D eigenvalue weighted by atomic mass is 9.75. The molecule has 0 unspecified atom stereocenters. The van der Waals surface area contributed by atoms with E-state index in [0.717, 1.165) is 6.42 Å². The highest BCUT2D eigenvalue weighted by atomic mass is 16.7. The maximum atomic E-state index is 12.7. The summed E-state index contributed by atoms with van der Waals surface area (Å²) in [6.45, 7) is 2.90. The van der Waals surface area contributed by atoms with Gasteiger partial charge < -0.3 is 33.3 Å². The van der Waals surface area contributed by atoms with Crippen molar-refractivity contribution in [2.24, 2.45) is 11.1 Å². The first-order valence-corrected chi connectivity index (χ1v) is 10.1. The fraction of sp³-hybridized carbons (Fsp3) is 0.545. The molecule has 0 N–H and O–H groups in total. The van der Waals surface area contributed by atoms with Crippen molar-refractivity contribution in [3.8, 4) is 11.5 Å². The second-order valence-corrected chi connectivity index (χ2v) is 7.51. The fourth-order valence-electron chi connectivity index (χ4n) is 4.49. The Hall–Kier alpha value is -2.46. The molecule has 1 saturated heterocycles. The van der Waals surface area contributed by atoms with Gasteiger partial charge in [-0.15, -0.1) is 0 Å². The van der Waals surface area contributed by atoms with Crippen LogP contribution in [0.2, 0.25) is 0 Å². The second kappa shape index (κ2) is 8.58. The Morgan fingerprint density at radius 2 is 1.77 bits per heavy atom. The Bertz CT molecular complexity index is 914. The Morgan fingerprint density at radius 3 is 2.39 bits per heavy atom. The second-order valence-electron chi connectivity index (χ2n) is 7.51. The normalized spacial score (nSPS) is 25.4. The van der Waals surface area contributed by atoms with E-state index in [9.17, 15) is 4.79 Å². The van der Waals surface area contributed by atoms with Gasteiger partial charge in [-0.2, -0.15) is 0 Å². The zero-order valence-electron chi connectivity index (χ0n) is 18.3. The average Bonchev–Trinajstić information content (AvgIpc) is 3.25. The van der Waals surface area contributed by atoms with E-state index in [1.807, 2.05) is 6.07 Å². The third kappa shape index (κ3) is 3.41. The van der Waals surface area contributed by atoms with Crippen molar-refractivity contribution in [2.45, 2.75) is 31.5 Å². The minimum Gasteiger partial charge on any atom is -0.497 e.